The van der Waals surface area contributed by atoms with Gasteiger partial charge in [-0.25, -0.2) is 4.98 Å². The molecule has 0 aliphatic carbocycles. The van der Waals surface area contributed by atoms with E-state index in [4.69, 9.17) is 4.98 Å². The molecule has 2 atom stereocenters. The molecule has 2 aromatic rings. The predicted molar refractivity (Wildman–Crippen MR) is 84.2 cm³/mol. The zero-order valence-electron chi connectivity index (χ0n) is 12.7. The van der Waals surface area contributed by atoms with Gasteiger partial charge >= 0.3 is 0 Å². The molecule has 2 unspecified atom stereocenters. The molecular weight excluding hydrogens is 260 g/mol. The van der Waals surface area contributed by atoms with E-state index in [2.05, 4.69) is 46.1 Å². The van der Waals surface area contributed by atoms with Gasteiger partial charge in [0.1, 0.15) is 5.65 Å². The van der Waals surface area contributed by atoms with Crippen molar-refractivity contribution >= 4 is 5.65 Å². The van der Waals surface area contributed by atoms with Crippen LogP contribution in [-0.4, -0.2) is 39.0 Å². The van der Waals surface area contributed by atoms with Crippen molar-refractivity contribution in [3.8, 4) is 0 Å². The number of hydrogen-bond donors (Lipinski definition) is 1. The van der Waals surface area contributed by atoms with Gasteiger partial charge in [-0.2, -0.15) is 0 Å². The van der Waals surface area contributed by atoms with Crippen LogP contribution in [0.2, 0.25) is 0 Å². The maximum absolute atomic E-state index is 4.75. The van der Waals surface area contributed by atoms with Crippen molar-refractivity contribution in [2.45, 2.75) is 57.3 Å². The van der Waals surface area contributed by atoms with Gasteiger partial charge < -0.3 is 9.72 Å². The van der Waals surface area contributed by atoms with E-state index in [1.165, 1.54) is 31.4 Å². The number of rotatable bonds is 4. The van der Waals surface area contributed by atoms with Crippen LogP contribution in [0.3, 0.4) is 0 Å². The van der Waals surface area contributed by atoms with Crippen molar-refractivity contribution in [2.75, 3.05) is 6.54 Å². The Bertz CT molecular complexity index is 575. The van der Waals surface area contributed by atoms with Crippen molar-refractivity contribution in [1.82, 2.24) is 19.6 Å². The Morgan fingerprint density at radius 2 is 2.10 bits per heavy atom. The van der Waals surface area contributed by atoms with Crippen LogP contribution in [0, 0.1) is 0 Å². The highest BCUT2D eigenvalue weighted by Crippen LogP contribution is 2.30. The molecule has 4 heterocycles. The lowest BCUT2D eigenvalue weighted by Gasteiger charge is -2.37. The Hall–Kier alpha value is -1.39. The Morgan fingerprint density at radius 1 is 1.29 bits per heavy atom. The summed E-state index contributed by atoms with van der Waals surface area (Å²) in [5.41, 5.74) is 2.24. The molecule has 21 heavy (non-hydrogen) atoms. The van der Waals surface area contributed by atoms with E-state index in [0.29, 0.717) is 0 Å². The molecular formula is C17H24N4. The molecule has 4 heteroatoms. The minimum atomic E-state index is 0.721. The Kier molecular flexibility index (Phi) is 3.43. The van der Waals surface area contributed by atoms with Crippen LogP contribution in [0.1, 0.15) is 38.3 Å². The van der Waals surface area contributed by atoms with Gasteiger partial charge in [0, 0.05) is 37.1 Å². The van der Waals surface area contributed by atoms with Crippen molar-refractivity contribution in [3.63, 3.8) is 0 Å². The molecule has 2 saturated heterocycles. The van der Waals surface area contributed by atoms with E-state index >= 15 is 0 Å². The minimum absolute atomic E-state index is 0.721. The number of nitrogens with one attached hydrogen (secondary N) is 1. The van der Waals surface area contributed by atoms with Crippen LogP contribution >= 0.6 is 0 Å². The quantitative estimate of drug-likeness (QED) is 0.936. The number of fused-ring (bicyclic) bond motifs is 3. The lowest BCUT2D eigenvalue weighted by atomic mass is 9.98. The van der Waals surface area contributed by atoms with Crippen LogP contribution < -0.4 is 5.32 Å². The van der Waals surface area contributed by atoms with Gasteiger partial charge in [-0.1, -0.05) is 13.0 Å². The topological polar surface area (TPSA) is 32.6 Å². The summed E-state index contributed by atoms with van der Waals surface area (Å²) in [6, 6.07) is 8.41. The number of hydrogen-bond acceptors (Lipinski definition) is 3. The van der Waals surface area contributed by atoms with E-state index in [1.807, 2.05) is 6.07 Å². The second kappa shape index (κ2) is 5.43. The van der Waals surface area contributed by atoms with Gasteiger partial charge in [0.15, 0.2) is 0 Å². The van der Waals surface area contributed by atoms with E-state index in [0.717, 1.165) is 36.9 Å². The summed E-state index contributed by atoms with van der Waals surface area (Å²) in [7, 11) is 0. The SMILES string of the molecule is CCN(Cc1cn2ccccc2n1)C1CC2CCC(C1)N2. The minimum Gasteiger partial charge on any atom is -0.311 e. The summed E-state index contributed by atoms with van der Waals surface area (Å²) in [5.74, 6) is 0. The smallest absolute Gasteiger partial charge is 0.137 e. The Labute approximate surface area is 126 Å². The van der Waals surface area contributed by atoms with Gasteiger partial charge in [0.25, 0.3) is 0 Å². The predicted octanol–water partition coefficient (Wildman–Crippen LogP) is 2.44. The highest BCUT2D eigenvalue weighted by atomic mass is 15.2. The zero-order valence-corrected chi connectivity index (χ0v) is 12.7. The van der Waals surface area contributed by atoms with E-state index in [9.17, 15) is 0 Å². The fourth-order valence-electron chi connectivity index (χ4n) is 4.10. The van der Waals surface area contributed by atoms with Crippen molar-refractivity contribution < 1.29 is 0 Å². The van der Waals surface area contributed by atoms with Crippen molar-refractivity contribution in [2.24, 2.45) is 0 Å². The number of piperidine rings is 1. The summed E-state index contributed by atoms with van der Waals surface area (Å²) in [6.07, 6.45) is 9.59. The van der Waals surface area contributed by atoms with Crippen LogP contribution in [0.15, 0.2) is 30.6 Å². The van der Waals surface area contributed by atoms with Crippen LogP contribution in [0.4, 0.5) is 0 Å². The number of imidazole rings is 1. The third kappa shape index (κ3) is 2.58. The largest absolute Gasteiger partial charge is 0.311 e. The normalized spacial score (nSPS) is 28.6. The second-order valence-corrected chi connectivity index (χ2v) is 6.52. The second-order valence-electron chi connectivity index (χ2n) is 6.52. The summed E-state index contributed by atoms with van der Waals surface area (Å²) >= 11 is 0. The van der Waals surface area contributed by atoms with Crippen molar-refractivity contribution in [1.29, 1.82) is 0 Å². The molecule has 4 nitrogen and oxygen atoms in total. The molecule has 112 valence electrons. The molecule has 2 bridgehead atoms. The summed E-state index contributed by atoms with van der Waals surface area (Å²) < 4.78 is 2.12. The summed E-state index contributed by atoms with van der Waals surface area (Å²) in [5, 5.41) is 3.74. The van der Waals surface area contributed by atoms with Crippen LogP contribution in [0.5, 0.6) is 0 Å². The Balaban J connectivity index is 1.50. The average molecular weight is 284 g/mol. The molecule has 0 saturated carbocycles. The molecule has 2 aromatic heterocycles. The first-order chi connectivity index (χ1) is 10.3. The molecule has 0 aromatic carbocycles. The number of aromatic nitrogens is 2. The van der Waals surface area contributed by atoms with Gasteiger partial charge in [0.05, 0.1) is 5.69 Å². The van der Waals surface area contributed by atoms with Crippen LogP contribution in [0.25, 0.3) is 5.65 Å². The fourth-order valence-corrected chi connectivity index (χ4v) is 4.10. The van der Waals surface area contributed by atoms with Crippen LogP contribution in [-0.2, 0) is 6.54 Å². The number of pyridine rings is 1. The van der Waals surface area contributed by atoms with Gasteiger partial charge in [0.2, 0.25) is 0 Å². The summed E-state index contributed by atoms with van der Waals surface area (Å²) in [4.78, 5) is 7.37. The average Bonchev–Trinajstić information content (AvgIpc) is 3.07. The summed E-state index contributed by atoms with van der Waals surface area (Å²) in [6.45, 7) is 4.36. The molecule has 0 spiro atoms. The molecule has 0 radical (unpaired) electrons. The first-order valence-electron chi connectivity index (χ1n) is 8.24. The molecule has 2 fully saturated rings. The third-order valence-corrected chi connectivity index (χ3v) is 5.15. The molecule has 4 rings (SSSR count). The zero-order chi connectivity index (χ0) is 14.2. The Morgan fingerprint density at radius 3 is 2.81 bits per heavy atom. The van der Waals surface area contributed by atoms with Gasteiger partial charge in [-0.05, 0) is 44.4 Å². The van der Waals surface area contributed by atoms with E-state index in [-0.39, 0.29) is 0 Å². The van der Waals surface area contributed by atoms with Crippen molar-refractivity contribution in [3.05, 3.63) is 36.3 Å². The molecule has 2 aliphatic rings. The molecule has 0 amide bonds. The lowest BCUT2D eigenvalue weighted by molar-refractivity contribution is 0.139. The van der Waals surface area contributed by atoms with E-state index in [1.54, 1.807) is 0 Å². The first-order valence-corrected chi connectivity index (χ1v) is 8.24. The molecule has 1 N–H and O–H groups in total. The van der Waals surface area contributed by atoms with Gasteiger partial charge in [-0.3, -0.25) is 4.90 Å². The maximum atomic E-state index is 4.75. The first kappa shape index (κ1) is 13.3. The fraction of sp³-hybridized carbons (Fsp3) is 0.588. The van der Waals surface area contributed by atoms with E-state index < -0.39 is 0 Å². The number of nitrogens with zero attached hydrogens (tertiary/aromatic N) is 3. The lowest BCUT2D eigenvalue weighted by Crippen LogP contribution is -2.47. The molecule has 2 aliphatic heterocycles. The standard InChI is InChI=1S/C17H24N4/c1-2-20(16-9-13-6-7-14(10-16)18-13)11-15-12-21-8-4-3-5-17(21)19-15/h3-5,8,12-14,16,18H,2,6-7,9-11H2,1H3. The monoisotopic (exact) mass is 284 g/mol. The maximum Gasteiger partial charge on any atom is 0.137 e. The third-order valence-electron chi connectivity index (χ3n) is 5.15. The highest BCUT2D eigenvalue weighted by Gasteiger charge is 2.35. The van der Waals surface area contributed by atoms with Gasteiger partial charge in [-0.15, -0.1) is 0 Å². The highest BCUT2D eigenvalue weighted by molar-refractivity contribution is 5.39.